The molecule has 0 bridgehead atoms. The lowest BCUT2D eigenvalue weighted by Crippen LogP contribution is -2.28. The fourth-order valence-corrected chi connectivity index (χ4v) is 3.93. The van der Waals surface area contributed by atoms with Crippen molar-refractivity contribution in [2.75, 3.05) is 18.5 Å². The molecule has 0 aliphatic rings. The number of anilines is 1. The van der Waals surface area contributed by atoms with Gasteiger partial charge in [-0.05, 0) is 55.7 Å². The first kappa shape index (κ1) is 23.5. The highest BCUT2D eigenvalue weighted by molar-refractivity contribution is 5.94. The van der Waals surface area contributed by atoms with E-state index in [2.05, 4.69) is 47.8 Å². The number of esters is 1. The summed E-state index contributed by atoms with van der Waals surface area (Å²) in [7, 11) is 0. The lowest BCUT2D eigenvalue weighted by molar-refractivity contribution is -0.142. The number of nitrogens with one attached hydrogen (secondary N) is 1. The van der Waals surface area contributed by atoms with E-state index in [9.17, 15) is 4.79 Å². The van der Waals surface area contributed by atoms with Gasteiger partial charge in [-0.15, -0.1) is 0 Å². The third-order valence-electron chi connectivity index (χ3n) is 5.79. The molecule has 0 saturated carbocycles. The normalized spacial score (nSPS) is 11.4. The van der Waals surface area contributed by atoms with Gasteiger partial charge in [-0.3, -0.25) is 4.79 Å². The topological polar surface area (TPSA) is 77.2 Å². The van der Waals surface area contributed by atoms with Crippen molar-refractivity contribution in [3.63, 3.8) is 0 Å². The van der Waals surface area contributed by atoms with Crippen LogP contribution in [0.2, 0.25) is 0 Å². The monoisotopic (exact) mass is 453 g/mol. The highest BCUT2D eigenvalue weighted by Gasteiger charge is 2.14. The van der Waals surface area contributed by atoms with E-state index >= 15 is 0 Å². The molecule has 1 aromatic heterocycles. The summed E-state index contributed by atoms with van der Waals surface area (Å²) in [5, 5.41) is 4.41. The molecule has 174 valence electrons. The number of pyridine rings is 1. The molecule has 4 aromatic rings. The van der Waals surface area contributed by atoms with Crippen molar-refractivity contribution in [1.29, 1.82) is 0 Å². The maximum atomic E-state index is 11.7. The highest BCUT2D eigenvalue weighted by Crippen LogP contribution is 2.31. The molecule has 3 N–H and O–H groups in total. The second kappa shape index (κ2) is 10.1. The van der Waals surface area contributed by atoms with Crippen LogP contribution in [0.4, 0.5) is 5.69 Å². The van der Waals surface area contributed by atoms with Crippen LogP contribution in [0.25, 0.3) is 33.3 Å². The second-order valence-electron chi connectivity index (χ2n) is 8.93. The summed E-state index contributed by atoms with van der Waals surface area (Å²) in [5.41, 5.74) is 13.0. The van der Waals surface area contributed by atoms with Crippen LogP contribution in [0.15, 0.2) is 78.9 Å². The molecular weight excluding hydrogens is 422 g/mol. The third-order valence-corrected chi connectivity index (χ3v) is 5.79. The number of carbonyl (C=O) groups is 1. The van der Waals surface area contributed by atoms with Gasteiger partial charge in [0.05, 0.1) is 24.2 Å². The van der Waals surface area contributed by atoms with Gasteiger partial charge in [-0.25, -0.2) is 4.98 Å². The van der Waals surface area contributed by atoms with Crippen LogP contribution in [0.3, 0.4) is 0 Å². The number of nitrogens with two attached hydrogens (primary N) is 1. The number of para-hydroxylation sites is 1. The summed E-state index contributed by atoms with van der Waals surface area (Å²) >= 11 is 0. The SMILES string of the molecule is CCOC(=O)CCNc1cc(-c2ccc(-c3cccc(C(C)(C)N)c3)cc2)nc2ccccc12. The Hall–Kier alpha value is -3.70. The first-order valence-corrected chi connectivity index (χ1v) is 11.6. The van der Waals surface area contributed by atoms with E-state index in [0.29, 0.717) is 19.6 Å². The lowest BCUT2D eigenvalue weighted by Gasteiger charge is -2.20. The molecule has 0 spiro atoms. The van der Waals surface area contributed by atoms with E-state index in [0.717, 1.165) is 44.5 Å². The molecule has 0 saturated heterocycles. The Kier molecular flexibility index (Phi) is 6.94. The lowest BCUT2D eigenvalue weighted by atomic mass is 9.92. The van der Waals surface area contributed by atoms with Gasteiger partial charge in [-0.1, -0.05) is 60.7 Å². The maximum absolute atomic E-state index is 11.7. The summed E-state index contributed by atoms with van der Waals surface area (Å²) in [6, 6.07) is 26.8. The van der Waals surface area contributed by atoms with Crippen molar-refractivity contribution in [2.24, 2.45) is 5.73 Å². The Bertz CT molecular complexity index is 1290. The van der Waals surface area contributed by atoms with Gasteiger partial charge in [0.25, 0.3) is 0 Å². The number of carbonyl (C=O) groups excluding carboxylic acids is 1. The van der Waals surface area contributed by atoms with Crippen LogP contribution in [-0.4, -0.2) is 24.1 Å². The molecule has 3 aromatic carbocycles. The minimum absolute atomic E-state index is 0.203. The molecule has 0 aliphatic carbocycles. The van der Waals surface area contributed by atoms with Crippen LogP contribution in [-0.2, 0) is 15.1 Å². The van der Waals surface area contributed by atoms with E-state index in [1.165, 1.54) is 0 Å². The number of nitrogens with zero attached hydrogens (tertiary/aromatic N) is 1. The molecule has 34 heavy (non-hydrogen) atoms. The number of rotatable bonds is 8. The number of ether oxygens (including phenoxy) is 1. The minimum atomic E-state index is -0.387. The molecule has 0 unspecified atom stereocenters. The number of benzene rings is 3. The quantitative estimate of drug-likeness (QED) is 0.314. The fraction of sp³-hybridized carbons (Fsp3) is 0.241. The Morgan fingerprint density at radius 2 is 1.68 bits per heavy atom. The van der Waals surface area contributed by atoms with Gasteiger partial charge < -0.3 is 15.8 Å². The van der Waals surface area contributed by atoms with Crippen LogP contribution >= 0.6 is 0 Å². The first-order chi connectivity index (χ1) is 16.3. The summed E-state index contributed by atoms with van der Waals surface area (Å²) in [6.07, 6.45) is 0.313. The van der Waals surface area contributed by atoms with Gasteiger partial charge in [-0.2, -0.15) is 0 Å². The van der Waals surface area contributed by atoms with Gasteiger partial charge in [0.1, 0.15) is 0 Å². The highest BCUT2D eigenvalue weighted by atomic mass is 16.5. The second-order valence-corrected chi connectivity index (χ2v) is 8.93. The van der Waals surface area contributed by atoms with E-state index in [1.807, 2.05) is 57.2 Å². The molecule has 0 atom stereocenters. The summed E-state index contributed by atoms with van der Waals surface area (Å²) in [6.45, 7) is 6.73. The van der Waals surface area contributed by atoms with E-state index in [4.69, 9.17) is 15.5 Å². The van der Waals surface area contributed by atoms with E-state index in [-0.39, 0.29) is 11.5 Å². The maximum Gasteiger partial charge on any atom is 0.307 e. The standard InChI is InChI=1S/C29H31N3O2/c1-4-34-28(33)16-17-31-27-19-26(32-25-11-6-5-10-24(25)27)21-14-12-20(13-15-21)22-8-7-9-23(18-22)29(2,3)30/h5-15,18-19H,4,16-17,30H2,1-3H3,(H,31,32). The zero-order valence-electron chi connectivity index (χ0n) is 20.0. The molecule has 4 rings (SSSR count). The molecule has 0 amide bonds. The van der Waals surface area contributed by atoms with Crippen molar-refractivity contribution in [1.82, 2.24) is 4.98 Å². The van der Waals surface area contributed by atoms with Crippen LogP contribution in [0.5, 0.6) is 0 Å². The average Bonchev–Trinajstić information content (AvgIpc) is 2.84. The van der Waals surface area contributed by atoms with Gasteiger partial charge in [0, 0.05) is 28.7 Å². The van der Waals surface area contributed by atoms with Crippen molar-refractivity contribution >= 4 is 22.6 Å². The van der Waals surface area contributed by atoms with Crippen LogP contribution < -0.4 is 11.1 Å². The zero-order valence-corrected chi connectivity index (χ0v) is 20.0. The zero-order chi connectivity index (χ0) is 24.1. The Morgan fingerprint density at radius 1 is 0.941 bits per heavy atom. The fourth-order valence-electron chi connectivity index (χ4n) is 3.93. The smallest absolute Gasteiger partial charge is 0.307 e. The Morgan fingerprint density at radius 3 is 2.41 bits per heavy atom. The van der Waals surface area contributed by atoms with Crippen molar-refractivity contribution < 1.29 is 9.53 Å². The predicted molar refractivity (Wildman–Crippen MR) is 140 cm³/mol. The van der Waals surface area contributed by atoms with Gasteiger partial charge in [0.15, 0.2) is 0 Å². The van der Waals surface area contributed by atoms with Crippen LogP contribution in [0, 0.1) is 0 Å². The third kappa shape index (κ3) is 5.43. The molecular formula is C29H31N3O2. The molecule has 0 aliphatic heterocycles. The number of hydrogen-bond donors (Lipinski definition) is 2. The molecule has 5 heteroatoms. The minimum Gasteiger partial charge on any atom is -0.466 e. The predicted octanol–water partition coefficient (Wildman–Crippen LogP) is 6.13. The Balaban J connectivity index is 1.62. The summed E-state index contributed by atoms with van der Waals surface area (Å²) in [5.74, 6) is -0.203. The van der Waals surface area contributed by atoms with Crippen molar-refractivity contribution in [2.45, 2.75) is 32.7 Å². The van der Waals surface area contributed by atoms with E-state index in [1.54, 1.807) is 0 Å². The number of hydrogen-bond acceptors (Lipinski definition) is 5. The average molecular weight is 454 g/mol. The van der Waals surface area contributed by atoms with Crippen molar-refractivity contribution in [3.05, 3.63) is 84.4 Å². The first-order valence-electron chi connectivity index (χ1n) is 11.6. The number of aromatic nitrogens is 1. The molecule has 5 nitrogen and oxygen atoms in total. The summed E-state index contributed by atoms with van der Waals surface area (Å²) < 4.78 is 5.04. The summed E-state index contributed by atoms with van der Waals surface area (Å²) in [4.78, 5) is 16.6. The molecule has 0 fully saturated rings. The van der Waals surface area contributed by atoms with E-state index < -0.39 is 0 Å². The van der Waals surface area contributed by atoms with Crippen molar-refractivity contribution in [3.8, 4) is 22.4 Å². The molecule has 1 heterocycles. The largest absolute Gasteiger partial charge is 0.466 e. The molecule has 0 radical (unpaired) electrons. The van der Waals surface area contributed by atoms with Gasteiger partial charge >= 0.3 is 5.97 Å². The number of fused-ring (bicyclic) bond motifs is 1. The Labute approximate surface area is 201 Å². The van der Waals surface area contributed by atoms with Gasteiger partial charge in [0.2, 0.25) is 0 Å². The van der Waals surface area contributed by atoms with Crippen LogP contribution in [0.1, 0.15) is 32.8 Å².